The number of anilines is 11. The third-order valence-corrected chi connectivity index (χ3v) is 25.1. The van der Waals surface area contributed by atoms with Crippen LogP contribution < -0.4 is 72.7 Å². The molecule has 0 saturated heterocycles. The first-order valence-electron chi connectivity index (χ1n) is 47.2. The second kappa shape index (κ2) is 44.5. The highest BCUT2D eigenvalue weighted by Gasteiger charge is 2.30. The molecule has 1 aromatic heterocycles. The Bertz CT molecular complexity index is 6340. The SMILES string of the molecule is COCc1cccc(-c2cccc3c2N[C@H](C)CC(=O)N3)c1.C[C@@H]1CC(=O)Cc2ccc(OCC3CCCCC3)cc2O1.C[C@@H]1CC(=O)Nc2ccc(O[C@H](C)c3ccccc3)cc2N1.C[C@@H]1CC(=O)Nc2cccc(-c3ccc4c(c3)NC(=O)C4)c2N1.Cc1ccc(-c2cccc3c2N[C@H](C)CC(=O)N3)cc1F.Cc1nn([C@@H](C)c2ccccc2)cc1-c1cccc2c1N[C@H](C)CC(=O)N2. The molecule has 704 valence electrons. The number of methoxy groups -OCH3 is 1. The second-order valence-electron chi connectivity index (χ2n) is 36.6. The zero-order valence-electron chi connectivity index (χ0n) is 79.1. The van der Waals surface area contributed by atoms with Crippen molar-refractivity contribution < 1.29 is 56.9 Å². The molecular weight excluding hydrogens is 1710 g/mol. The molecule has 8 aliphatic rings. The Kier molecular flexibility index (Phi) is 31.4. The van der Waals surface area contributed by atoms with Crippen molar-refractivity contribution in [3.05, 3.63) is 282 Å². The van der Waals surface area contributed by atoms with E-state index in [0.29, 0.717) is 69.5 Å². The largest absolute Gasteiger partial charge is 0.493 e. The van der Waals surface area contributed by atoms with E-state index in [1.54, 1.807) is 20.1 Å². The van der Waals surface area contributed by atoms with E-state index in [9.17, 15) is 38.0 Å². The topological polar surface area (TPSA) is 307 Å². The number of rotatable bonds is 14. The van der Waals surface area contributed by atoms with Gasteiger partial charge in [0.2, 0.25) is 35.4 Å². The summed E-state index contributed by atoms with van der Waals surface area (Å²) in [5.41, 5.74) is 24.6. The Morgan fingerprint density at radius 1 is 0.419 bits per heavy atom. The van der Waals surface area contributed by atoms with Gasteiger partial charge in [0.15, 0.2) is 0 Å². The summed E-state index contributed by atoms with van der Waals surface area (Å²) in [7, 11) is 1.69. The molecule has 25 heteroatoms. The first-order valence-corrected chi connectivity index (χ1v) is 47.2. The number of hydrogen-bond donors (Lipinski definition) is 11. The van der Waals surface area contributed by atoms with Crippen molar-refractivity contribution in [2.24, 2.45) is 5.92 Å². The molecule has 11 aromatic carbocycles. The fraction of sp³-hybridized carbons (Fsp3) is 0.315. The van der Waals surface area contributed by atoms with Crippen molar-refractivity contribution in [1.82, 2.24) is 9.78 Å². The van der Waals surface area contributed by atoms with Crippen molar-refractivity contribution in [2.45, 2.75) is 208 Å². The number of halogens is 1. The summed E-state index contributed by atoms with van der Waals surface area (Å²) in [6, 6.07) is 75.5. The van der Waals surface area contributed by atoms with Crippen LogP contribution in [0.2, 0.25) is 0 Å². The summed E-state index contributed by atoms with van der Waals surface area (Å²) in [6.07, 6.45) is 12.3. The molecule has 7 aliphatic heterocycles. The minimum atomic E-state index is -0.226. The molecule has 0 bridgehead atoms. The van der Waals surface area contributed by atoms with E-state index in [4.69, 9.17) is 24.0 Å². The van der Waals surface area contributed by atoms with Crippen LogP contribution in [0.5, 0.6) is 17.2 Å². The predicted octanol–water partition coefficient (Wildman–Crippen LogP) is 23.1. The van der Waals surface area contributed by atoms with Crippen molar-refractivity contribution in [3.63, 3.8) is 0 Å². The lowest BCUT2D eigenvalue weighted by molar-refractivity contribution is -0.119. The smallest absolute Gasteiger partial charge is 0.228 e. The van der Waals surface area contributed by atoms with E-state index in [0.717, 1.165) is 159 Å². The van der Waals surface area contributed by atoms with Crippen molar-refractivity contribution in [2.75, 3.05) is 72.2 Å². The number of para-hydroxylation sites is 4. The number of benzene rings is 11. The minimum absolute atomic E-state index is 0.0130. The van der Waals surface area contributed by atoms with Gasteiger partial charge in [0.1, 0.15) is 41.1 Å². The Hall–Kier alpha value is -14.6. The quantitative estimate of drug-likeness (QED) is 0.0482. The lowest BCUT2D eigenvalue weighted by atomic mass is 9.90. The number of carbonyl (C=O) groups excluding carboxylic acids is 7. The number of Topliss-reactive ketones (excluding diaryl/α,β-unsaturated/α-hetero) is 1. The molecule has 1 saturated carbocycles. The standard InChI is InChI=1S/C22H24N4O.C18H17N3O2.2C18H20N2O2.C18H24O3.C17H17FN2O/c1-14-12-21(27)24-20-11-7-10-18(22(20)23-14)19-13-26(25-15(19)2)16(3)17-8-5-4-6-9-17;1-10-7-16(22)20-14-4-2-3-13(18(14)19-10)11-5-6-12-9-17(23)21-15(12)8-11;1-12-9-17(21)20-16-8-4-7-15(18(16)19-12)14-6-3-5-13(10-14)11-22-2;1-12-10-18(21)20-16-9-8-15(11-17(16)19-12)22-13(2)14-6-4-3-5-7-14;1-13-9-16(19)10-15-7-8-17(11-18(15)21-13)20-12-14-5-3-2-4-6-14;1-10-6-7-12(9-14(10)18)13-4-3-5-15-17(13)19-11(2)8-16(21)20-15/h4-11,13-14,16,23H,12H2,1-3H3,(H,24,27);2-6,8,10,19H,7,9H2,1H3,(H,20,22)(H,21,23);3-8,10,12,19H,9,11H2,1-2H3,(H,20,21);3-9,11-13,19H,10H2,1-2H3,(H,20,21);7-8,11,13-14H,2-6,9-10,12H2,1H3;3-7,9,11,19H,8H2,1-2H3,(H,20,21)/t14-,16+;10-;12-;12-,13-;13-;11-/m111111/s1. The second-order valence-corrected chi connectivity index (χ2v) is 36.6. The number of aryl methyl sites for hydroxylation is 2. The molecule has 1 fully saturated rings. The van der Waals surface area contributed by atoms with E-state index in [2.05, 4.69) is 120 Å². The Morgan fingerprint density at radius 2 is 0.897 bits per heavy atom. The van der Waals surface area contributed by atoms with Gasteiger partial charge in [0.05, 0.1) is 88.2 Å². The van der Waals surface area contributed by atoms with Crippen LogP contribution in [-0.4, -0.2) is 101 Å². The molecule has 0 unspecified atom stereocenters. The van der Waals surface area contributed by atoms with Gasteiger partial charge in [-0.15, -0.1) is 0 Å². The van der Waals surface area contributed by atoms with Crippen LogP contribution in [-0.2, 0) is 57.7 Å². The van der Waals surface area contributed by atoms with E-state index < -0.39 is 0 Å². The molecule has 8 heterocycles. The molecule has 136 heavy (non-hydrogen) atoms. The van der Waals surface area contributed by atoms with E-state index in [1.165, 1.54) is 43.7 Å². The van der Waals surface area contributed by atoms with Crippen LogP contribution in [0.3, 0.4) is 0 Å². The van der Waals surface area contributed by atoms with Crippen LogP contribution in [0.4, 0.5) is 67.0 Å². The van der Waals surface area contributed by atoms with Crippen LogP contribution >= 0.6 is 0 Å². The average molecular weight is 1830 g/mol. The van der Waals surface area contributed by atoms with Gasteiger partial charge < -0.3 is 77.4 Å². The molecule has 12 aromatic rings. The fourth-order valence-corrected chi connectivity index (χ4v) is 18.2. The average Bonchev–Trinajstić information content (AvgIpc) is 1.47. The van der Waals surface area contributed by atoms with Gasteiger partial charge >= 0.3 is 0 Å². The van der Waals surface area contributed by atoms with E-state index >= 15 is 0 Å². The molecule has 1 aliphatic carbocycles. The highest BCUT2D eigenvalue weighted by atomic mass is 19.1. The van der Waals surface area contributed by atoms with Gasteiger partial charge in [-0.3, -0.25) is 38.2 Å². The molecule has 0 spiro atoms. The van der Waals surface area contributed by atoms with Crippen LogP contribution in [0.15, 0.2) is 237 Å². The summed E-state index contributed by atoms with van der Waals surface area (Å²) >= 11 is 0. The first-order chi connectivity index (χ1) is 65.7. The number of nitrogens with one attached hydrogen (secondary N) is 11. The highest BCUT2D eigenvalue weighted by molar-refractivity contribution is 6.05. The molecule has 8 atom stereocenters. The molecule has 0 radical (unpaired) electrons. The minimum Gasteiger partial charge on any atom is -0.493 e. The van der Waals surface area contributed by atoms with Gasteiger partial charge in [0, 0.05) is 140 Å². The third kappa shape index (κ3) is 24.9. The summed E-state index contributed by atoms with van der Waals surface area (Å²) in [4.78, 5) is 82.6. The zero-order chi connectivity index (χ0) is 95.6. The number of carbonyl (C=O) groups is 7. The molecular formula is C111H122FN13O11. The Morgan fingerprint density at radius 3 is 1.45 bits per heavy atom. The maximum atomic E-state index is 13.8. The number of nitrogens with zero attached hydrogens (tertiary/aromatic N) is 2. The normalized spacial score (nSPS) is 18.7. The van der Waals surface area contributed by atoms with Gasteiger partial charge in [-0.2, -0.15) is 5.10 Å². The molecule has 20 rings (SSSR count). The lowest BCUT2D eigenvalue weighted by Gasteiger charge is -2.22. The van der Waals surface area contributed by atoms with Crippen molar-refractivity contribution in [3.8, 4) is 61.8 Å². The van der Waals surface area contributed by atoms with E-state index in [1.807, 2.05) is 230 Å². The number of amides is 6. The third-order valence-electron chi connectivity index (χ3n) is 25.1. The van der Waals surface area contributed by atoms with Crippen LogP contribution in [0, 0.1) is 25.6 Å². The highest BCUT2D eigenvalue weighted by Crippen LogP contribution is 2.44. The summed E-state index contributed by atoms with van der Waals surface area (Å²) in [5.74, 6) is 3.32. The number of fused-ring (bicyclic) bond motifs is 7. The Labute approximate surface area is 795 Å². The number of ether oxygens (including phenoxy) is 4. The molecule has 24 nitrogen and oxygen atoms in total. The van der Waals surface area contributed by atoms with Gasteiger partial charge in [0.25, 0.3) is 0 Å². The zero-order valence-corrected chi connectivity index (χ0v) is 79.1. The monoisotopic (exact) mass is 1830 g/mol. The first kappa shape index (κ1) is 96.0. The number of ketones is 1. The summed E-state index contributed by atoms with van der Waals surface area (Å²) in [5, 5.41) is 39.5. The van der Waals surface area contributed by atoms with Gasteiger partial charge in [-0.05, 0) is 193 Å². The molecule has 11 N–H and O–H groups in total. The number of hydrogen-bond acceptors (Lipinski definition) is 17. The molecule has 6 amide bonds. The van der Waals surface area contributed by atoms with Crippen molar-refractivity contribution >= 4 is 104 Å². The lowest BCUT2D eigenvalue weighted by Crippen LogP contribution is -2.19. The fourth-order valence-electron chi connectivity index (χ4n) is 18.2. The Balaban J connectivity index is 0.000000124. The maximum absolute atomic E-state index is 13.8. The predicted molar refractivity (Wildman–Crippen MR) is 542 cm³/mol. The van der Waals surface area contributed by atoms with Crippen molar-refractivity contribution in [1.29, 1.82) is 0 Å². The van der Waals surface area contributed by atoms with Crippen LogP contribution in [0.1, 0.15) is 177 Å². The number of aromatic nitrogens is 2. The maximum Gasteiger partial charge on any atom is 0.228 e. The van der Waals surface area contributed by atoms with Gasteiger partial charge in [-0.25, -0.2) is 4.39 Å². The van der Waals surface area contributed by atoms with E-state index in [-0.39, 0.29) is 95.5 Å². The van der Waals surface area contributed by atoms with Crippen LogP contribution in [0.25, 0.3) is 44.5 Å². The van der Waals surface area contributed by atoms with Gasteiger partial charge in [-0.1, -0.05) is 177 Å². The summed E-state index contributed by atoms with van der Waals surface area (Å²) < 4.78 is 38.9. The summed E-state index contributed by atoms with van der Waals surface area (Å²) in [6.45, 7) is 21.3.